The number of methoxy groups -OCH3 is 1. The van der Waals surface area contributed by atoms with E-state index in [-0.39, 0.29) is 13.0 Å². The lowest BCUT2D eigenvalue weighted by Gasteiger charge is -2.36. The Bertz CT molecular complexity index is 449. The molecule has 0 amide bonds. The van der Waals surface area contributed by atoms with Gasteiger partial charge >= 0.3 is 0 Å². The number of aliphatic hydroxyl groups excluding tert-OH is 3. The standard InChI is InChI=1S/C17H26O6/c1-21-13-7-5-12(6-8-13)4-2-3-9-22-16-10-14(19)17(20)15(11-18)23-16/h5-8,14-20H,2-4,9-11H2,1H3. The molecule has 1 aliphatic rings. The summed E-state index contributed by atoms with van der Waals surface area (Å²) >= 11 is 0. The van der Waals surface area contributed by atoms with Crippen molar-refractivity contribution in [3.05, 3.63) is 29.8 Å². The van der Waals surface area contributed by atoms with Gasteiger partial charge in [0.2, 0.25) is 0 Å². The molecule has 1 aromatic carbocycles. The van der Waals surface area contributed by atoms with Crippen molar-refractivity contribution in [3.8, 4) is 5.75 Å². The van der Waals surface area contributed by atoms with E-state index in [1.165, 1.54) is 5.56 Å². The largest absolute Gasteiger partial charge is 0.497 e. The molecule has 3 N–H and O–H groups in total. The molecule has 0 bridgehead atoms. The first-order chi connectivity index (χ1) is 11.1. The second kappa shape index (κ2) is 9.20. The summed E-state index contributed by atoms with van der Waals surface area (Å²) in [6, 6.07) is 7.99. The molecule has 6 nitrogen and oxygen atoms in total. The molecule has 4 unspecified atom stereocenters. The Balaban J connectivity index is 1.63. The highest BCUT2D eigenvalue weighted by molar-refractivity contribution is 5.27. The number of aliphatic hydroxyl groups is 3. The van der Waals surface area contributed by atoms with Crippen molar-refractivity contribution in [2.24, 2.45) is 0 Å². The highest BCUT2D eigenvalue weighted by atomic mass is 16.7. The van der Waals surface area contributed by atoms with E-state index in [0.29, 0.717) is 6.61 Å². The van der Waals surface area contributed by atoms with Gasteiger partial charge < -0.3 is 29.5 Å². The maximum Gasteiger partial charge on any atom is 0.160 e. The number of hydrogen-bond acceptors (Lipinski definition) is 6. The van der Waals surface area contributed by atoms with E-state index in [2.05, 4.69) is 0 Å². The van der Waals surface area contributed by atoms with Gasteiger partial charge in [0.25, 0.3) is 0 Å². The normalized spacial score (nSPS) is 27.8. The fraction of sp³-hybridized carbons (Fsp3) is 0.647. The van der Waals surface area contributed by atoms with Gasteiger partial charge in [-0.3, -0.25) is 0 Å². The van der Waals surface area contributed by atoms with Crippen molar-refractivity contribution in [2.45, 2.75) is 50.3 Å². The number of rotatable bonds is 8. The van der Waals surface area contributed by atoms with E-state index in [9.17, 15) is 10.2 Å². The maximum absolute atomic E-state index is 9.71. The number of ether oxygens (including phenoxy) is 3. The van der Waals surface area contributed by atoms with Crippen LogP contribution in [-0.2, 0) is 15.9 Å². The summed E-state index contributed by atoms with van der Waals surface area (Å²) in [5.41, 5.74) is 1.25. The summed E-state index contributed by atoms with van der Waals surface area (Å²) in [5.74, 6) is 0.853. The zero-order chi connectivity index (χ0) is 16.7. The lowest BCUT2D eigenvalue weighted by molar-refractivity contribution is -0.256. The SMILES string of the molecule is COc1ccc(CCCCOC2CC(O)C(O)C(CO)O2)cc1. The molecule has 6 heteroatoms. The molecular formula is C17H26O6. The van der Waals surface area contributed by atoms with Crippen molar-refractivity contribution in [1.82, 2.24) is 0 Å². The smallest absolute Gasteiger partial charge is 0.160 e. The van der Waals surface area contributed by atoms with Gasteiger partial charge in [-0.25, -0.2) is 0 Å². The molecule has 0 aromatic heterocycles. The Labute approximate surface area is 136 Å². The van der Waals surface area contributed by atoms with Gasteiger partial charge in [-0.15, -0.1) is 0 Å². The fourth-order valence-electron chi connectivity index (χ4n) is 2.61. The zero-order valence-corrected chi connectivity index (χ0v) is 13.4. The summed E-state index contributed by atoms with van der Waals surface area (Å²) in [4.78, 5) is 0. The van der Waals surface area contributed by atoms with E-state index < -0.39 is 24.6 Å². The lowest BCUT2D eigenvalue weighted by atomic mass is 10.0. The topological polar surface area (TPSA) is 88.4 Å². The summed E-state index contributed by atoms with van der Waals surface area (Å²) < 4.78 is 16.1. The minimum absolute atomic E-state index is 0.218. The zero-order valence-electron chi connectivity index (χ0n) is 13.4. The molecule has 4 atom stereocenters. The van der Waals surface area contributed by atoms with E-state index >= 15 is 0 Å². The minimum atomic E-state index is -1.06. The number of benzene rings is 1. The molecule has 130 valence electrons. The second-order valence-electron chi connectivity index (χ2n) is 5.76. The van der Waals surface area contributed by atoms with Crippen molar-refractivity contribution < 1.29 is 29.5 Å². The average Bonchev–Trinajstić information content (AvgIpc) is 2.58. The van der Waals surface area contributed by atoms with Crippen molar-refractivity contribution in [3.63, 3.8) is 0 Å². The Kier molecular flexibility index (Phi) is 7.26. The van der Waals surface area contributed by atoms with Crippen LogP contribution in [0, 0.1) is 0 Å². The summed E-state index contributed by atoms with van der Waals surface area (Å²) in [6.07, 6.45) is -0.327. The van der Waals surface area contributed by atoms with Gasteiger partial charge in [-0.05, 0) is 37.0 Å². The molecule has 1 heterocycles. The van der Waals surface area contributed by atoms with Gasteiger partial charge in [0, 0.05) is 13.0 Å². The first-order valence-electron chi connectivity index (χ1n) is 8.01. The average molecular weight is 326 g/mol. The third-order valence-corrected chi connectivity index (χ3v) is 4.04. The number of aryl methyl sites for hydroxylation is 1. The summed E-state index contributed by atoms with van der Waals surface area (Å²) in [7, 11) is 1.65. The van der Waals surface area contributed by atoms with Crippen molar-refractivity contribution >= 4 is 0 Å². The van der Waals surface area contributed by atoms with Gasteiger partial charge in [0.1, 0.15) is 18.0 Å². The van der Waals surface area contributed by atoms with Crippen LogP contribution in [0.15, 0.2) is 24.3 Å². The third-order valence-electron chi connectivity index (χ3n) is 4.04. The van der Waals surface area contributed by atoms with Crippen molar-refractivity contribution in [1.29, 1.82) is 0 Å². The molecule has 1 saturated heterocycles. The van der Waals surface area contributed by atoms with Crippen LogP contribution in [0.25, 0.3) is 0 Å². The molecule has 0 radical (unpaired) electrons. The van der Waals surface area contributed by atoms with E-state index in [4.69, 9.17) is 19.3 Å². The summed E-state index contributed by atoms with van der Waals surface area (Å²) in [5, 5.41) is 28.5. The quantitative estimate of drug-likeness (QED) is 0.614. The molecule has 23 heavy (non-hydrogen) atoms. The molecule has 1 fully saturated rings. The van der Waals surface area contributed by atoms with Crippen LogP contribution in [0.3, 0.4) is 0 Å². The van der Waals surface area contributed by atoms with E-state index in [1.54, 1.807) is 7.11 Å². The van der Waals surface area contributed by atoms with Gasteiger partial charge in [-0.2, -0.15) is 0 Å². The van der Waals surface area contributed by atoms with Crippen LogP contribution in [0.4, 0.5) is 0 Å². The minimum Gasteiger partial charge on any atom is -0.497 e. The third kappa shape index (κ3) is 5.44. The Hall–Kier alpha value is -1.18. The van der Waals surface area contributed by atoms with Crippen LogP contribution < -0.4 is 4.74 Å². The molecule has 1 aromatic rings. The molecular weight excluding hydrogens is 300 g/mol. The number of hydrogen-bond donors (Lipinski definition) is 3. The van der Waals surface area contributed by atoms with Crippen LogP contribution >= 0.6 is 0 Å². The molecule has 1 aliphatic heterocycles. The first kappa shape index (κ1) is 18.2. The highest BCUT2D eigenvalue weighted by Gasteiger charge is 2.36. The number of unbranched alkanes of at least 4 members (excludes halogenated alkanes) is 1. The lowest BCUT2D eigenvalue weighted by Crippen LogP contribution is -2.50. The van der Waals surface area contributed by atoms with Gasteiger partial charge in [0.15, 0.2) is 6.29 Å². The predicted octanol–water partition coefficient (Wildman–Crippen LogP) is 0.864. The fourth-order valence-corrected chi connectivity index (χ4v) is 2.61. The van der Waals surface area contributed by atoms with Gasteiger partial charge in [-0.1, -0.05) is 12.1 Å². The van der Waals surface area contributed by atoms with Crippen LogP contribution in [0.2, 0.25) is 0 Å². The second-order valence-corrected chi connectivity index (χ2v) is 5.76. The predicted molar refractivity (Wildman–Crippen MR) is 84.3 cm³/mol. The van der Waals surface area contributed by atoms with Crippen LogP contribution in [0.5, 0.6) is 5.75 Å². The summed E-state index contributed by atoms with van der Waals surface area (Å²) in [6.45, 7) is 0.178. The maximum atomic E-state index is 9.71. The molecule has 0 spiro atoms. The van der Waals surface area contributed by atoms with Gasteiger partial charge in [0.05, 0.1) is 19.8 Å². The van der Waals surface area contributed by atoms with E-state index in [1.807, 2.05) is 24.3 Å². The van der Waals surface area contributed by atoms with Crippen LogP contribution in [-0.4, -0.2) is 60.2 Å². The Morgan fingerprint density at radius 2 is 1.91 bits per heavy atom. The molecule has 0 saturated carbocycles. The molecule has 0 aliphatic carbocycles. The first-order valence-corrected chi connectivity index (χ1v) is 8.01. The Morgan fingerprint density at radius 1 is 1.17 bits per heavy atom. The Morgan fingerprint density at radius 3 is 2.57 bits per heavy atom. The van der Waals surface area contributed by atoms with Crippen LogP contribution in [0.1, 0.15) is 24.8 Å². The van der Waals surface area contributed by atoms with E-state index in [0.717, 1.165) is 25.0 Å². The highest BCUT2D eigenvalue weighted by Crippen LogP contribution is 2.21. The molecule has 2 rings (SSSR count). The monoisotopic (exact) mass is 326 g/mol. The van der Waals surface area contributed by atoms with Crippen molar-refractivity contribution in [2.75, 3.05) is 20.3 Å².